The fourth-order valence-corrected chi connectivity index (χ4v) is 3.91. The molecule has 0 atom stereocenters. The van der Waals surface area contributed by atoms with Gasteiger partial charge < -0.3 is 5.32 Å². The smallest absolute Gasteiger partial charge is 0.277 e. The van der Waals surface area contributed by atoms with E-state index >= 15 is 0 Å². The van der Waals surface area contributed by atoms with E-state index in [1.54, 1.807) is 24.5 Å². The maximum absolute atomic E-state index is 14.1. The SMILES string of the molecule is O=C(Nc1nn(Cc2c(F)cccc2Cl)cc1Br)c1ccn(Cn2nnc(-c3ccccc3)n2)n1. The van der Waals surface area contributed by atoms with E-state index in [-0.39, 0.29) is 24.7 Å². The van der Waals surface area contributed by atoms with Gasteiger partial charge in [0.1, 0.15) is 5.82 Å². The monoisotopic (exact) mass is 555 g/mol. The number of hydrogen-bond acceptors (Lipinski definition) is 6. The first kappa shape index (κ1) is 22.9. The number of tetrazole rings is 1. The Morgan fingerprint density at radius 3 is 2.66 bits per heavy atom. The first-order valence-electron chi connectivity index (χ1n) is 10.3. The van der Waals surface area contributed by atoms with Gasteiger partial charge in [-0.15, -0.1) is 15.0 Å². The van der Waals surface area contributed by atoms with Crippen molar-refractivity contribution in [3.63, 3.8) is 0 Å². The Bertz CT molecular complexity index is 1480. The van der Waals surface area contributed by atoms with Crippen molar-refractivity contribution in [1.82, 2.24) is 39.8 Å². The topological polar surface area (TPSA) is 108 Å². The Morgan fingerprint density at radius 2 is 1.86 bits per heavy atom. The molecule has 1 N–H and O–H groups in total. The third-order valence-electron chi connectivity index (χ3n) is 4.96. The van der Waals surface area contributed by atoms with Crippen molar-refractivity contribution in [1.29, 1.82) is 0 Å². The highest BCUT2D eigenvalue weighted by atomic mass is 79.9. The highest BCUT2D eigenvalue weighted by Gasteiger charge is 2.16. The van der Waals surface area contributed by atoms with Gasteiger partial charge in [-0.1, -0.05) is 48.0 Å². The molecule has 0 saturated heterocycles. The Labute approximate surface area is 211 Å². The zero-order valence-corrected chi connectivity index (χ0v) is 20.2. The molecule has 0 aliphatic carbocycles. The van der Waals surface area contributed by atoms with E-state index < -0.39 is 11.7 Å². The van der Waals surface area contributed by atoms with Crippen molar-refractivity contribution in [3.05, 3.63) is 93.6 Å². The Morgan fingerprint density at radius 1 is 1.03 bits per heavy atom. The van der Waals surface area contributed by atoms with Crippen molar-refractivity contribution >= 4 is 39.3 Å². The van der Waals surface area contributed by atoms with E-state index in [2.05, 4.69) is 46.9 Å². The molecule has 35 heavy (non-hydrogen) atoms. The number of carbonyl (C=O) groups is 1. The predicted molar refractivity (Wildman–Crippen MR) is 129 cm³/mol. The minimum absolute atomic E-state index is 0.102. The van der Waals surface area contributed by atoms with Crippen LogP contribution in [0, 0.1) is 5.82 Å². The average molecular weight is 557 g/mol. The van der Waals surface area contributed by atoms with Gasteiger partial charge in [-0.3, -0.25) is 9.48 Å². The molecule has 0 unspecified atom stereocenters. The fourth-order valence-electron chi connectivity index (χ4n) is 3.28. The fraction of sp³-hybridized carbons (Fsp3) is 0.0909. The number of anilines is 1. The van der Waals surface area contributed by atoms with Crippen LogP contribution in [0.4, 0.5) is 10.2 Å². The molecular weight excluding hydrogens is 541 g/mol. The van der Waals surface area contributed by atoms with Crippen LogP contribution in [-0.4, -0.2) is 45.7 Å². The molecule has 10 nitrogen and oxygen atoms in total. The lowest BCUT2D eigenvalue weighted by Gasteiger charge is -2.06. The number of hydrogen-bond donors (Lipinski definition) is 1. The number of benzene rings is 2. The molecule has 13 heteroatoms. The highest BCUT2D eigenvalue weighted by Crippen LogP contribution is 2.24. The molecule has 5 rings (SSSR count). The van der Waals surface area contributed by atoms with Crippen LogP contribution in [0.5, 0.6) is 0 Å². The van der Waals surface area contributed by atoms with Crippen LogP contribution in [0.25, 0.3) is 11.4 Å². The quantitative estimate of drug-likeness (QED) is 0.323. The summed E-state index contributed by atoms with van der Waals surface area (Å²) in [6.07, 6.45) is 3.26. The molecule has 3 heterocycles. The molecule has 0 fully saturated rings. The molecule has 0 radical (unpaired) electrons. The molecule has 0 bridgehead atoms. The van der Waals surface area contributed by atoms with Gasteiger partial charge in [0, 0.05) is 28.5 Å². The number of halogens is 3. The lowest BCUT2D eigenvalue weighted by molar-refractivity contribution is 0.102. The maximum atomic E-state index is 14.1. The minimum atomic E-state index is -0.463. The highest BCUT2D eigenvalue weighted by molar-refractivity contribution is 9.10. The lowest BCUT2D eigenvalue weighted by atomic mass is 10.2. The molecule has 0 aliphatic heterocycles. The van der Waals surface area contributed by atoms with Gasteiger partial charge in [0.05, 0.1) is 11.0 Å². The summed E-state index contributed by atoms with van der Waals surface area (Å²) in [5.41, 5.74) is 1.33. The summed E-state index contributed by atoms with van der Waals surface area (Å²) in [7, 11) is 0. The third kappa shape index (κ3) is 5.12. The van der Waals surface area contributed by atoms with E-state index in [0.717, 1.165) is 5.56 Å². The summed E-state index contributed by atoms with van der Waals surface area (Å²) in [6, 6.07) is 15.5. The van der Waals surface area contributed by atoms with Gasteiger partial charge in [-0.25, -0.2) is 9.07 Å². The number of aromatic nitrogens is 8. The number of amides is 1. The lowest BCUT2D eigenvalue weighted by Crippen LogP contribution is -2.16. The van der Waals surface area contributed by atoms with E-state index in [1.807, 2.05) is 30.3 Å². The zero-order chi connectivity index (χ0) is 24.4. The van der Waals surface area contributed by atoms with Crippen molar-refractivity contribution in [2.24, 2.45) is 0 Å². The molecule has 0 spiro atoms. The van der Waals surface area contributed by atoms with Crippen molar-refractivity contribution < 1.29 is 9.18 Å². The minimum Gasteiger partial charge on any atom is -0.303 e. The number of nitrogens with zero attached hydrogens (tertiary/aromatic N) is 8. The van der Waals surface area contributed by atoms with Crippen LogP contribution in [0.1, 0.15) is 16.1 Å². The Kier molecular flexibility index (Phi) is 6.38. The molecular formula is C22H16BrClFN9O. The van der Waals surface area contributed by atoms with E-state index in [9.17, 15) is 9.18 Å². The van der Waals surface area contributed by atoms with Gasteiger partial charge >= 0.3 is 0 Å². The van der Waals surface area contributed by atoms with E-state index in [0.29, 0.717) is 20.9 Å². The van der Waals surface area contributed by atoms with Crippen molar-refractivity contribution in [2.45, 2.75) is 13.2 Å². The third-order valence-corrected chi connectivity index (χ3v) is 5.89. The average Bonchev–Trinajstić information content (AvgIpc) is 3.58. The second-order valence-corrected chi connectivity index (χ2v) is 8.67. The van der Waals surface area contributed by atoms with Crippen molar-refractivity contribution in [3.8, 4) is 11.4 Å². The molecule has 176 valence electrons. The normalized spacial score (nSPS) is 11.1. The van der Waals surface area contributed by atoms with Crippen LogP contribution >= 0.6 is 27.5 Å². The molecule has 1 amide bonds. The number of carbonyl (C=O) groups excluding carboxylic acids is 1. The second-order valence-electron chi connectivity index (χ2n) is 7.41. The van der Waals surface area contributed by atoms with E-state index in [4.69, 9.17) is 11.6 Å². The van der Waals surface area contributed by atoms with Gasteiger partial charge in [-0.2, -0.15) is 10.2 Å². The van der Waals surface area contributed by atoms with Crippen LogP contribution in [-0.2, 0) is 13.2 Å². The summed E-state index contributed by atoms with van der Waals surface area (Å²) in [4.78, 5) is 14.1. The summed E-state index contributed by atoms with van der Waals surface area (Å²) in [5, 5.41) is 24.0. The van der Waals surface area contributed by atoms with Crippen LogP contribution in [0.3, 0.4) is 0 Å². The van der Waals surface area contributed by atoms with E-state index in [1.165, 1.54) is 26.3 Å². The molecule has 3 aromatic heterocycles. The molecule has 0 aliphatic rings. The second kappa shape index (κ2) is 9.76. The summed E-state index contributed by atoms with van der Waals surface area (Å²) >= 11 is 9.46. The van der Waals surface area contributed by atoms with Gasteiger partial charge in [-0.05, 0) is 39.3 Å². The van der Waals surface area contributed by atoms with Gasteiger partial charge in [0.2, 0.25) is 5.82 Å². The van der Waals surface area contributed by atoms with Crippen LogP contribution < -0.4 is 5.32 Å². The molecule has 0 saturated carbocycles. The Hall–Kier alpha value is -3.90. The number of rotatable bonds is 7. The maximum Gasteiger partial charge on any atom is 0.277 e. The van der Waals surface area contributed by atoms with Crippen LogP contribution in [0.2, 0.25) is 5.02 Å². The standard InChI is InChI=1S/C22H16BrClFN9O/c23-16-12-33(11-15-17(24)7-4-8-18(15)25)29-21(16)26-22(35)19-9-10-32(28-19)13-34-30-20(27-31-34)14-5-2-1-3-6-14/h1-10,12H,11,13H2,(H,26,29,35). The first-order valence-corrected chi connectivity index (χ1v) is 11.5. The molecule has 2 aromatic carbocycles. The summed E-state index contributed by atoms with van der Waals surface area (Å²) in [5.74, 6) is -0.136. The van der Waals surface area contributed by atoms with Crippen LogP contribution in [0.15, 0.2) is 71.5 Å². The zero-order valence-electron chi connectivity index (χ0n) is 17.9. The first-order chi connectivity index (χ1) is 17.0. The largest absolute Gasteiger partial charge is 0.303 e. The predicted octanol–water partition coefficient (Wildman–Crippen LogP) is 4.09. The summed E-state index contributed by atoms with van der Waals surface area (Å²) in [6.45, 7) is 0.277. The Balaban J connectivity index is 1.25. The van der Waals surface area contributed by atoms with Crippen molar-refractivity contribution in [2.75, 3.05) is 5.32 Å². The van der Waals surface area contributed by atoms with Gasteiger partial charge in [0.15, 0.2) is 18.2 Å². The molecule has 5 aromatic rings. The number of nitrogens with one attached hydrogen (secondary N) is 1. The van der Waals surface area contributed by atoms with Gasteiger partial charge in [0.25, 0.3) is 5.91 Å². The summed E-state index contributed by atoms with van der Waals surface area (Å²) < 4.78 is 17.6.